The number of para-hydroxylation sites is 1. The Morgan fingerprint density at radius 2 is 1.94 bits per heavy atom. The van der Waals surface area contributed by atoms with Crippen LogP contribution < -0.4 is 10.6 Å². The van der Waals surface area contributed by atoms with E-state index in [0.29, 0.717) is 5.35 Å². The molecule has 1 aromatic heterocycles. The molecule has 84 valence electrons. The largest absolute Gasteiger partial charge is 0.291 e. The molecule has 17 heavy (non-hydrogen) atoms. The molecule has 1 heterocycles. The van der Waals surface area contributed by atoms with Crippen LogP contribution in [0.5, 0.6) is 0 Å². The summed E-state index contributed by atoms with van der Waals surface area (Å²) in [6.45, 7) is 0. The van der Waals surface area contributed by atoms with Gasteiger partial charge in [0.1, 0.15) is 0 Å². The quantitative estimate of drug-likeness (QED) is 0.676. The molecule has 2 aromatic rings. The molecule has 1 aliphatic carbocycles. The molecule has 0 radical (unpaired) electrons. The Hall–Kier alpha value is -1.38. The summed E-state index contributed by atoms with van der Waals surface area (Å²) in [5.74, 6) is -0.328. The summed E-state index contributed by atoms with van der Waals surface area (Å²) < 4.78 is -1.50. The zero-order valence-corrected chi connectivity index (χ0v) is 10.2. The lowest BCUT2D eigenvalue weighted by molar-refractivity contribution is -0.112. The summed E-state index contributed by atoms with van der Waals surface area (Å²) in [7, 11) is 0. The van der Waals surface area contributed by atoms with Gasteiger partial charge in [-0.25, -0.2) is 4.98 Å². The average Bonchev–Trinajstić information content (AvgIpc) is 2.28. The number of hydrogen-bond donors (Lipinski definition) is 0. The molecule has 4 heteroatoms. The van der Waals surface area contributed by atoms with Gasteiger partial charge in [-0.2, -0.15) is 0 Å². The number of pyridine rings is 1. The predicted molar refractivity (Wildman–Crippen MR) is 69.4 cm³/mol. The fraction of sp³-hybridized carbons (Fsp3) is 0.0769. The van der Waals surface area contributed by atoms with Gasteiger partial charge in [-0.05, 0) is 24.3 Å². The van der Waals surface area contributed by atoms with Crippen molar-refractivity contribution in [3.05, 3.63) is 40.9 Å². The van der Waals surface area contributed by atoms with Gasteiger partial charge in [-0.15, -0.1) is 0 Å². The summed E-state index contributed by atoms with van der Waals surface area (Å²) in [5, 5.41) is 2.39. The Bertz CT molecular complexity index is 750. The van der Waals surface area contributed by atoms with E-state index < -0.39 is 4.33 Å². The molecule has 0 N–H and O–H groups in total. The number of aromatic nitrogens is 1. The van der Waals surface area contributed by atoms with Crippen molar-refractivity contribution < 1.29 is 4.79 Å². The van der Waals surface area contributed by atoms with E-state index in [4.69, 9.17) is 23.2 Å². The molecule has 0 bridgehead atoms. The number of alkyl halides is 2. The Balaban J connectivity index is 2.45. The van der Waals surface area contributed by atoms with Gasteiger partial charge in [0.2, 0.25) is 0 Å². The van der Waals surface area contributed by atoms with Gasteiger partial charge >= 0.3 is 0 Å². The number of ketones is 1. The Labute approximate surface area is 107 Å². The van der Waals surface area contributed by atoms with Gasteiger partial charge in [0.15, 0.2) is 10.1 Å². The van der Waals surface area contributed by atoms with Crippen LogP contribution in [0, 0.1) is 0 Å². The van der Waals surface area contributed by atoms with Gasteiger partial charge in [0.05, 0.1) is 10.9 Å². The Morgan fingerprint density at radius 3 is 2.76 bits per heavy atom. The molecule has 3 rings (SSSR count). The fourth-order valence-electron chi connectivity index (χ4n) is 1.86. The zero-order chi connectivity index (χ0) is 12.0. The van der Waals surface area contributed by atoms with E-state index >= 15 is 0 Å². The van der Waals surface area contributed by atoms with Crippen LogP contribution in [0.15, 0.2) is 30.3 Å². The maximum absolute atomic E-state index is 11.6. The second kappa shape index (κ2) is 3.56. The third-order valence-corrected chi connectivity index (χ3v) is 3.31. The number of benzene rings is 1. The van der Waals surface area contributed by atoms with Crippen molar-refractivity contribution in [3.8, 4) is 0 Å². The highest BCUT2D eigenvalue weighted by atomic mass is 35.5. The smallest absolute Gasteiger partial charge is 0.200 e. The molecule has 0 saturated carbocycles. The number of nitrogens with zero attached hydrogens (tertiary/aromatic N) is 1. The van der Waals surface area contributed by atoms with Crippen LogP contribution in [0.2, 0.25) is 0 Å². The van der Waals surface area contributed by atoms with Gasteiger partial charge in [0.25, 0.3) is 0 Å². The molecule has 0 atom stereocenters. The molecule has 0 unspecified atom stereocenters. The topological polar surface area (TPSA) is 30.0 Å². The lowest BCUT2D eigenvalue weighted by Crippen LogP contribution is -2.40. The monoisotopic (exact) mass is 263 g/mol. The van der Waals surface area contributed by atoms with Crippen LogP contribution in [0.1, 0.15) is 0 Å². The third kappa shape index (κ3) is 1.74. The van der Waals surface area contributed by atoms with E-state index in [-0.39, 0.29) is 5.78 Å². The molecule has 0 saturated heterocycles. The number of hydrogen-bond acceptors (Lipinski definition) is 2. The van der Waals surface area contributed by atoms with E-state index in [1.54, 1.807) is 0 Å². The molecule has 2 nitrogen and oxygen atoms in total. The maximum atomic E-state index is 11.6. The van der Waals surface area contributed by atoms with Crippen molar-refractivity contribution in [2.45, 2.75) is 4.33 Å². The minimum absolute atomic E-state index is 0.328. The number of carbonyl (C=O) groups is 1. The second-order valence-electron chi connectivity index (χ2n) is 3.93. The lowest BCUT2D eigenvalue weighted by Gasteiger charge is -2.14. The normalized spacial score (nSPS) is 17.2. The van der Waals surface area contributed by atoms with Crippen molar-refractivity contribution >= 4 is 52.0 Å². The van der Waals surface area contributed by atoms with Gasteiger partial charge in [-0.3, -0.25) is 4.79 Å². The van der Waals surface area contributed by atoms with Gasteiger partial charge < -0.3 is 0 Å². The lowest BCUT2D eigenvalue weighted by atomic mass is 10.1. The minimum atomic E-state index is -1.50. The van der Waals surface area contributed by atoms with Crippen LogP contribution >= 0.6 is 23.2 Å². The highest BCUT2D eigenvalue weighted by Gasteiger charge is 2.31. The van der Waals surface area contributed by atoms with E-state index in [9.17, 15) is 4.79 Å². The van der Waals surface area contributed by atoms with Crippen molar-refractivity contribution in [1.29, 1.82) is 0 Å². The van der Waals surface area contributed by atoms with Crippen LogP contribution in [0.3, 0.4) is 0 Å². The van der Waals surface area contributed by atoms with Crippen molar-refractivity contribution in [2.24, 2.45) is 0 Å². The number of rotatable bonds is 0. The SMILES string of the molecule is O=C1C=c2cc3ccccc3nc2=CC1(Cl)Cl. The van der Waals surface area contributed by atoms with Gasteiger partial charge in [0, 0.05) is 10.6 Å². The molecule has 0 aliphatic heterocycles. The summed E-state index contributed by atoms with van der Waals surface area (Å²) in [5.41, 5.74) is 0.856. The summed E-state index contributed by atoms with van der Waals surface area (Å²) in [4.78, 5) is 16.1. The van der Waals surface area contributed by atoms with Crippen molar-refractivity contribution in [3.63, 3.8) is 0 Å². The first-order chi connectivity index (χ1) is 8.06. The van der Waals surface area contributed by atoms with E-state index in [0.717, 1.165) is 16.1 Å². The number of halogens is 2. The standard InChI is InChI=1S/C13H7Cl2NO/c14-13(15)7-11-9(6-12(13)17)5-8-3-1-2-4-10(8)16-11/h1-7H. The number of Topliss-reactive ketones (excluding diaryl/α,β-unsaturated/α-hetero) is 1. The summed E-state index contributed by atoms with van der Waals surface area (Å²) in [6, 6.07) is 9.61. The average molecular weight is 264 g/mol. The molecule has 0 amide bonds. The summed E-state index contributed by atoms with van der Waals surface area (Å²) in [6.07, 6.45) is 2.93. The van der Waals surface area contributed by atoms with E-state index in [2.05, 4.69) is 4.98 Å². The zero-order valence-electron chi connectivity index (χ0n) is 8.65. The van der Waals surface area contributed by atoms with Crippen molar-refractivity contribution in [2.75, 3.05) is 0 Å². The van der Waals surface area contributed by atoms with Gasteiger partial charge in [-0.1, -0.05) is 41.4 Å². The highest BCUT2D eigenvalue weighted by molar-refractivity contribution is 6.65. The number of fused-ring (bicyclic) bond motifs is 2. The van der Waals surface area contributed by atoms with E-state index in [1.807, 2.05) is 30.3 Å². The Morgan fingerprint density at radius 1 is 1.18 bits per heavy atom. The first-order valence-corrected chi connectivity index (χ1v) is 5.84. The minimum Gasteiger partial charge on any atom is -0.291 e. The highest BCUT2D eigenvalue weighted by Crippen LogP contribution is 2.25. The van der Waals surface area contributed by atoms with Crippen LogP contribution in [-0.4, -0.2) is 15.1 Å². The number of carbonyl (C=O) groups excluding carboxylic acids is 1. The predicted octanol–water partition coefficient (Wildman–Crippen LogP) is 1.55. The molecular weight excluding hydrogens is 257 g/mol. The molecule has 1 aromatic carbocycles. The molecular formula is C13H7Cl2NO. The second-order valence-corrected chi connectivity index (χ2v) is 5.32. The van der Waals surface area contributed by atoms with Crippen LogP contribution in [-0.2, 0) is 4.79 Å². The third-order valence-electron chi connectivity index (χ3n) is 2.72. The molecule has 1 aliphatic rings. The first-order valence-electron chi connectivity index (χ1n) is 5.09. The van der Waals surface area contributed by atoms with Crippen LogP contribution in [0.25, 0.3) is 23.1 Å². The fourth-order valence-corrected chi connectivity index (χ4v) is 2.17. The van der Waals surface area contributed by atoms with Crippen LogP contribution in [0.4, 0.5) is 0 Å². The van der Waals surface area contributed by atoms with E-state index in [1.165, 1.54) is 12.2 Å². The Kier molecular flexibility index (Phi) is 2.25. The first kappa shape index (κ1) is 10.8. The summed E-state index contributed by atoms with van der Waals surface area (Å²) >= 11 is 11.8. The molecule has 0 spiro atoms. The molecule has 0 fully saturated rings. The van der Waals surface area contributed by atoms with Crippen molar-refractivity contribution in [1.82, 2.24) is 4.98 Å². The maximum Gasteiger partial charge on any atom is 0.200 e.